The molecule has 1 aromatic carbocycles. The minimum Gasteiger partial charge on any atom is -0.478 e. The molecule has 0 spiro atoms. The van der Waals surface area contributed by atoms with Gasteiger partial charge in [0.05, 0.1) is 5.56 Å². The molecule has 0 aliphatic heterocycles. The maximum absolute atomic E-state index is 12.0. The van der Waals surface area contributed by atoms with E-state index >= 15 is 0 Å². The number of benzene rings is 1. The molecule has 1 atom stereocenters. The molecule has 0 heterocycles. The van der Waals surface area contributed by atoms with E-state index in [1.165, 1.54) is 12.1 Å². The molecule has 6 nitrogen and oxygen atoms in total. The van der Waals surface area contributed by atoms with Crippen LogP contribution in [-0.2, 0) is 9.59 Å². The number of nitrogens with one attached hydrogen (secondary N) is 2. The van der Waals surface area contributed by atoms with Gasteiger partial charge in [0.15, 0.2) is 0 Å². The molecule has 1 saturated carbocycles. The lowest BCUT2D eigenvalue weighted by Gasteiger charge is -2.16. The number of carbonyl (C=O) groups is 3. The molecule has 0 bridgehead atoms. The van der Waals surface area contributed by atoms with Crippen LogP contribution in [0.1, 0.15) is 49.4 Å². The summed E-state index contributed by atoms with van der Waals surface area (Å²) in [7, 11) is 0. The highest BCUT2D eigenvalue weighted by atomic mass is 16.4. The zero-order valence-electron chi connectivity index (χ0n) is 13.2. The van der Waals surface area contributed by atoms with Gasteiger partial charge >= 0.3 is 5.97 Å². The third kappa shape index (κ3) is 5.09. The highest BCUT2D eigenvalue weighted by Crippen LogP contribution is 2.24. The molecule has 1 unspecified atom stereocenters. The summed E-state index contributed by atoms with van der Waals surface area (Å²) in [6, 6.07) is 5.81. The normalized spacial score (nSPS) is 15.9. The zero-order valence-corrected chi connectivity index (χ0v) is 13.2. The number of carboxylic acids is 1. The van der Waals surface area contributed by atoms with Crippen molar-refractivity contribution in [2.24, 2.45) is 5.92 Å². The summed E-state index contributed by atoms with van der Waals surface area (Å²) in [4.78, 5) is 34.9. The lowest BCUT2D eigenvalue weighted by Crippen LogP contribution is -2.38. The third-order valence-corrected chi connectivity index (χ3v) is 4.00. The summed E-state index contributed by atoms with van der Waals surface area (Å²) in [5, 5.41) is 14.5. The zero-order chi connectivity index (χ0) is 16.8. The number of hydrogen-bond donors (Lipinski definition) is 3. The second-order valence-corrected chi connectivity index (χ2v) is 6.03. The monoisotopic (exact) mass is 318 g/mol. The molecular formula is C17H22N2O4. The topological polar surface area (TPSA) is 95.5 Å². The van der Waals surface area contributed by atoms with Crippen molar-refractivity contribution < 1.29 is 19.5 Å². The molecule has 124 valence electrons. The molecule has 0 aromatic heterocycles. The SMILES string of the molecule is CC(CC(=O)Nc1cccc(C(=O)O)c1)NC(=O)C1CCCC1. The number of carbonyl (C=O) groups excluding carboxylic acids is 2. The van der Waals surface area contributed by atoms with E-state index in [1.807, 2.05) is 0 Å². The Morgan fingerprint density at radius 2 is 1.96 bits per heavy atom. The number of hydrogen-bond acceptors (Lipinski definition) is 3. The summed E-state index contributed by atoms with van der Waals surface area (Å²) in [5.41, 5.74) is 0.551. The summed E-state index contributed by atoms with van der Waals surface area (Å²) in [6.07, 6.45) is 4.18. The van der Waals surface area contributed by atoms with E-state index < -0.39 is 5.97 Å². The van der Waals surface area contributed by atoms with Crippen molar-refractivity contribution in [1.82, 2.24) is 5.32 Å². The van der Waals surface area contributed by atoms with Gasteiger partial charge in [-0.05, 0) is 38.0 Å². The van der Waals surface area contributed by atoms with Crippen molar-refractivity contribution in [3.8, 4) is 0 Å². The van der Waals surface area contributed by atoms with Crippen molar-refractivity contribution in [1.29, 1.82) is 0 Å². The summed E-state index contributed by atoms with van der Waals surface area (Å²) in [6.45, 7) is 1.79. The molecule has 0 saturated heterocycles. The van der Waals surface area contributed by atoms with E-state index in [0.29, 0.717) is 5.69 Å². The number of aromatic carboxylic acids is 1. The number of amides is 2. The predicted molar refractivity (Wildman–Crippen MR) is 86.2 cm³/mol. The Bertz CT molecular complexity index is 594. The molecule has 6 heteroatoms. The Hall–Kier alpha value is -2.37. The van der Waals surface area contributed by atoms with Crippen LogP contribution in [0.3, 0.4) is 0 Å². The lowest BCUT2D eigenvalue weighted by molar-refractivity contribution is -0.125. The smallest absolute Gasteiger partial charge is 0.335 e. The van der Waals surface area contributed by atoms with E-state index in [1.54, 1.807) is 19.1 Å². The van der Waals surface area contributed by atoms with Gasteiger partial charge in [0.1, 0.15) is 0 Å². The van der Waals surface area contributed by atoms with Crippen LogP contribution < -0.4 is 10.6 Å². The van der Waals surface area contributed by atoms with Gasteiger partial charge in [0.25, 0.3) is 0 Å². The van der Waals surface area contributed by atoms with Gasteiger partial charge in [-0.25, -0.2) is 4.79 Å². The van der Waals surface area contributed by atoms with Gasteiger partial charge in [0.2, 0.25) is 11.8 Å². The maximum atomic E-state index is 12.0. The molecule has 2 amide bonds. The largest absolute Gasteiger partial charge is 0.478 e. The number of anilines is 1. The van der Waals surface area contributed by atoms with Crippen LogP contribution in [0.15, 0.2) is 24.3 Å². The molecule has 2 rings (SSSR count). The highest BCUT2D eigenvalue weighted by Gasteiger charge is 2.24. The first-order chi connectivity index (χ1) is 11.0. The van der Waals surface area contributed by atoms with Gasteiger partial charge < -0.3 is 15.7 Å². The van der Waals surface area contributed by atoms with E-state index in [0.717, 1.165) is 25.7 Å². The highest BCUT2D eigenvalue weighted by molar-refractivity contribution is 5.94. The molecule has 1 aliphatic carbocycles. The summed E-state index contributed by atoms with van der Waals surface area (Å²) >= 11 is 0. The minimum absolute atomic E-state index is 0.0238. The minimum atomic E-state index is -1.04. The Morgan fingerprint density at radius 1 is 1.26 bits per heavy atom. The average Bonchev–Trinajstić information content (AvgIpc) is 3.01. The van der Waals surface area contributed by atoms with Crippen LogP contribution in [0, 0.1) is 5.92 Å². The van der Waals surface area contributed by atoms with Crippen LogP contribution >= 0.6 is 0 Å². The Kier molecular flexibility index (Phi) is 5.73. The molecule has 1 aliphatic rings. The predicted octanol–water partition coefficient (Wildman–Crippen LogP) is 2.41. The van der Waals surface area contributed by atoms with Crippen LogP contribution in [0.4, 0.5) is 5.69 Å². The average molecular weight is 318 g/mol. The second-order valence-electron chi connectivity index (χ2n) is 6.03. The Balaban J connectivity index is 1.82. The summed E-state index contributed by atoms with van der Waals surface area (Å²) < 4.78 is 0. The molecule has 3 N–H and O–H groups in total. The van der Waals surface area contributed by atoms with Gasteiger partial charge in [-0.1, -0.05) is 18.9 Å². The number of rotatable bonds is 6. The van der Waals surface area contributed by atoms with Crippen molar-refractivity contribution in [3.05, 3.63) is 29.8 Å². The first-order valence-electron chi connectivity index (χ1n) is 7.89. The molecular weight excluding hydrogens is 296 g/mol. The van der Waals surface area contributed by atoms with E-state index in [9.17, 15) is 14.4 Å². The fourth-order valence-corrected chi connectivity index (χ4v) is 2.82. The quantitative estimate of drug-likeness (QED) is 0.750. The van der Waals surface area contributed by atoms with Gasteiger partial charge in [-0.2, -0.15) is 0 Å². The van der Waals surface area contributed by atoms with Gasteiger partial charge in [-0.3, -0.25) is 9.59 Å². The first kappa shape index (κ1) is 17.0. The Labute approximate surface area is 135 Å². The van der Waals surface area contributed by atoms with E-state index in [2.05, 4.69) is 10.6 Å². The van der Waals surface area contributed by atoms with Crippen LogP contribution in [0.25, 0.3) is 0 Å². The van der Waals surface area contributed by atoms with Gasteiger partial charge in [-0.15, -0.1) is 0 Å². The van der Waals surface area contributed by atoms with Crippen LogP contribution in [-0.4, -0.2) is 28.9 Å². The summed E-state index contributed by atoms with van der Waals surface area (Å²) in [5.74, 6) is -1.20. The fourth-order valence-electron chi connectivity index (χ4n) is 2.82. The molecule has 0 radical (unpaired) electrons. The van der Waals surface area contributed by atoms with Crippen LogP contribution in [0.5, 0.6) is 0 Å². The van der Waals surface area contributed by atoms with Crippen molar-refractivity contribution in [2.75, 3.05) is 5.32 Å². The van der Waals surface area contributed by atoms with Crippen molar-refractivity contribution >= 4 is 23.5 Å². The molecule has 1 aromatic rings. The van der Waals surface area contributed by atoms with E-state index in [-0.39, 0.29) is 35.8 Å². The van der Waals surface area contributed by atoms with Crippen molar-refractivity contribution in [2.45, 2.75) is 45.1 Å². The lowest BCUT2D eigenvalue weighted by atomic mass is 10.1. The Morgan fingerprint density at radius 3 is 2.61 bits per heavy atom. The molecule has 1 fully saturated rings. The number of carboxylic acid groups (broad SMARTS) is 1. The van der Waals surface area contributed by atoms with Crippen LogP contribution in [0.2, 0.25) is 0 Å². The maximum Gasteiger partial charge on any atom is 0.335 e. The van der Waals surface area contributed by atoms with E-state index in [4.69, 9.17) is 5.11 Å². The van der Waals surface area contributed by atoms with Gasteiger partial charge in [0, 0.05) is 24.1 Å². The second kappa shape index (κ2) is 7.76. The third-order valence-electron chi connectivity index (χ3n) is 4.00. The fraction of sp³-hybridized carbons (Fsp3) is 0.471. The van der Waals surface area contributed by atoms with Crippen molar-refractivity contribution in [3.63, 3.8) is 0 Å². The first-order valence-corrected chi connectivity index (χ1v) is 7.89. The molecule has 23 heavy (non-hydrogen) atoms. The standard InChI is InChI=1S/C17H22N2O4/c1-11(18-16(21)12-5-2-3-6-12)9-15(20)19-14-8-4-7-13(10-14)17(22)23/h4,7-8,10-12H,2-3,5-6,9H2,1H3,(H,18,21)(H,19,20)(H,22,23).